The van der Waals surface area contributed by atoms with Crippen molar-refractivity contribution in [3.05, 3.63) is 54.4 Å². The molecule has 2 aliphatic heterocycles. The number of hydrogen-bond acceptors (Lipinski definition) is 7. The summed E-state index contributed by atoms with van der Waals surface area (Å²) in [6, 6.07) is 11.5. The molecule has 2 fully saturated rings. The molecule has 1 aromatic carbocycles. The van der Waals surface area contributed by atoms with Crippen molar-refractivity contribution in [2.75, 3.05) is 31.1 Å². The third-order valence-corrected chi connectivity index (χ3v) is 8.87. The van der Waals surface area contributed by atoms with Crippen LogP contribution in [0.15, 0.2) is 48.8 Å². The van der Waals surface area contributed by atoms with Crippen molar-refractivity contribution < 1.29 is 22.7 Å². The van der Waals surface area contributed by atoms with E-state index in [2.05, 4.69) is 19.6 Å². The van der Waals surface area contributed by atoms with Crippen LogP contribution in [0.3, 0.4) is 0 Å². The average molecular weight is 498 g/mol. The Morgan fingerprint density at radius 3 is 2.80 bits per heavy atom. The largest absolute Gasteiger partial charge is 0.488 e. The van der Waals surface area contributed by atoms with Crippen LogP contribution in [0.1, 0.15) is 18.4 Å². The topological polar surface area (TPSA) is 117 Å². The number of amides is 1. The van der Waals surface area contributed by atoms with Gasteiger partial charge in [-0.15, -0.1) is 0 Å². The maximum absolute atomic E-state index is 12.8. The number of hydrogen-bond donors (Lipinski definition) is 2. The van der Waals surface area contributed by atoms with Crippen molar-refractivity contribution >= 4 is 32.8 Å². The summed E-state index contributed by atoms with van der Waals surface area (Å²) >= 11 is 0. The molecule has 0 unspecified atom stereocenters. The van der Waals surface area contributed by atoms with E-state index in [1.807, 2.05) is 42.6 Å². The highest BCUT2D eigenvalue weighted by atomic mass is 32.2. The first-order chi connectivity index (χ1) is 17.0. The van der Waals surface area contributed by atoms with Crippen molar-refractivity contribution in [3.8, 4) is 5.75 Å². The smallest absolute Gasteiger partial charge is 0.410 e. The number of anilines is 1. The monoisotopic (exact) mass is 497 g/mol. The van der Waals surface area contributed by atoms with Crippen molar-refractivity contribution in [2.24, 2.45) is 0 Å². The summed E-state index contributed by atoms with van der Waals surface area (Å²) in [6.07, 6.45) is 4.57. The number of nitrogens with one attached hydrogen (secondary N) is 2. The molecule has 35 heavy (non-hydrogen) atoms. The van der Waals surface area contributed by atoms with Gasteiger partial charge < -0.3 is 24.3 Å². The fraction of sp³-hybridized carbons (Fsp3) is 0.417. The Morgan fingerprint density at radius 1 is 1.20 bits per heavy atom. The Labute approximate surface area is 203 Å². The fourth-order valence-electron chi connectivity index (χ4n) is 4.97. The maximum Gasteiger partial charge on any atom is 0.410 e. The highest BCUT2D eigenvalue weighted by Crippen LogP contribution is 2.41. The molecule has 4 heterocycles. The lowest BCUT2D eigenvalue weighted by atomic mass is 9.85. The molecule has 1 saturated carbocycles. The third kappa shape index (κ3) is 4.19. The number of sulfonamides is 1. The van der Waals surface area contributed by atoms with Crippen LogP contribution in [0.4, 0.5) is 10.5 Å². The fourth-order valence-corrected chi connectivity index (χ4v) is 6.57. The first kappa shape index (κ1) is 22.2. The summed E-state index contributed by atoms with van der Waals surface area (Å²) < 4.78 is 39.7. The molecule has 1 aliphatic carbocycles. The van der Waals surface area contributed by atoms with E-state index in [1.165, 1.54) is 4.90 Å². The molecule has 1 amide bonds. The molecular weight excluding hydrogens is 470 g/mol. The molecule has 0 atom stereocenters. The maximum atomic E-state index is 12.8. The molecule has 3 aliphatic rings. The standard InChI is InChI=1S/C24H27N5O5S/c30-24(34-15-16-4-2-1-3-5-16)28-13-19(14-28)35(31,32)27-17-10-18(11-17)29-8-9-33-21-12-26-23-20(22(21)29)6-7-25-23/h1-7,12,17-19,27H,8-11,13-15H2,(H,25,26). The Morgan fingerprint density at radius 2 is 2.00 bits per heavy atom. The molecule has 2 aromatic heterocycles. The number of rotatable bonds is 6. The van der Waals surface area contributed by atoms with Crippen molar-refractivity contribution in [1.82, 2.24) is 19.6 Å². The van der Waals surface area contributed by atoms with Crippen LogP contribution in [0.2, 0.25) is 0 Å². The van der Waals surface area contributed by atoms with E-state index in [4.69, 9.17) is 9.47 Å². The Balaban J connectivity index is 1.01. The molecular formula is C24H27N5O5S. The number of benzene rings is 1. The number of aromatic amines is 1. The predicted octanol–water partition coefficient (Wildman–Crippen LogP) is 2.23. The third-order valence-electron chi connectivity index (χ3n) is 7.04. The van der Waals surface area contributed by atoms with E-state index in [0.29, 0.717) is 6.61 Å². The number of likely N-dealkylation sites (tertiary alicyclic amines) is 1. The molecule has 2 N–H and O–H groups in total. The minimum Gasteiger partial charge on any atom is -0.488 e. The second-order valence-electron chi connectivity index (χ2n) is 9.31. The van der Waals surface area contributed by atoms with Gasteiger partial charge in [-0.25, -0.2) is 22.9 Å². The SMILES string of the molecule is O=C(OCc1ccccc1)N1CC(S(=O)(=O)NC2CC(N3CCOc4cnc5[nH]ccc5c43)C2)C1. The normalized spacial score (nSPS) is 22.2. The number of ether oxygens (including phenoxy) is 2. The van der Waals surface area contributed by atoms with Gasteiger partial charge in [-0.05, 0) is 24.5 Å². The summed E-state index contributed by atoms with van der Waals surface area (Å²) in [5, 5.41) is 0.403. The molecule has 184 valence electrons. The first-order valence-corrected chi connectivity index (χ1v) is 13.3. The lowest BCUT2D eigenvalue weighted by Gasteiger charge is -2.47. The van der Waals surface area contributed by atoms with Gasteiger partial charge in [0.25, 0.3) is 0 Å². The molecule has 10 nitrogen and oxygen atoms in total. The summed E-state index contributed by atoms with van der Waals surface area (Å²) in [7, 11) is -3.52. The van der Waals surface area contributed by atoms with Gasteiger partial charge in [-0.2, -0.15) is 0 Å². The molecule has 0 bridgehead atoms. The van der Waals surface area contributed by atoms with E-state index in [0.717, 1.165) is 47.4 Å². The second-order valence-corrected chi connectivity index (χ2v) is 11.3. The Kier molecular flexibility index (Phi) is 5.53. The lowest BCUT2D eigenvalue weighted by molar-refractivity contribution is 0.0765. The van der Waals surface area contributed by atoms with E-state index < -0.39 is 21.4 Å². The molecule has 0 radical (unpaired) electrons. The number of carbonyl (C=O) groups is 1. The second kappa shape index (κ2) is 8.72. The quantitative estimate of drug-likeness (QED) is 0.536. The zero-order chi connectivity index (χ0) is 24.0. The number of pyridine rings is 1. The van der Waals surface area contributed by atoms with Crippen molar-refractivity contribution in [1.29, 1.82) is 0 Å². The summed E-state index contributed by atoms with van der Waals surface area (Å²) in [5.41, 5.74) is 2.73. The van der Waals surface area contributed by atoms with E-state index >= 15 is 0 Å². The number of nitrogens with zero attached hydrogens (tertiary/aromatic N) is 3. The number of carbonyl (C=O) groups excluding carboxylic acids is 1. The minimum atomic E-state index is -3.52. The van der Waals surface area contributed by atoms with E-state index in [-0.39, 0.29) is 31.8 Å². The lowest BCUT2D eigenvalue weighted by Crippen LogP contribution is -2.62. The van der Waals surface area contributed by atoms with Crippen molar-refractivity contribution in [3.63, 3.8) is 0 Å². The van der Waals surface area contributed by atoms with Gasteiger partial charge in [0.2, 0.25) is 10.0 Å². The zero-order valence-corrected chi connectivity index (χ0v) is 19.9. The van der Waals surface area contributed by atoms with Gasteiger partial charge >= 0.3 is 6.09 Å². The zero-order valence-electron chi connectivity index (χ0n) is 19.1. The highest BCUT2D eigenvalue weighted by Gasteiger charge is 2.44. The first-order valence-electron chi connectivity index (χ1n) is 11.8. The van der Waals surface area contributed by atoms with Crippen LogP contribution in [0.5, 0.6) is 5.75 Å². The van der Waals surface area contributed by atoms with E-state index in [1.54, 1.807) is 6.20 Å². The van der Waals surface area contributed by atoms with Crippen LogP contribution >= 0.6 is 0 Å². The van der Waals surface area contributed by atoms with Crippen LogP contribution < -0.4 is 14.4 Å². The molecule has 0 spiro atoms. The Hall–Kier alpha value is -3.31. The summed E-state index contributed by atoms with van der Waals surface area (Å²) in [6.45, 7) is 1.80. The van der Waals surface area contributed by atoms with Crippen LogP contribution in [0, 0.1) is 0 Å². The average Bonchev–Trinajstić information content (AvgIpc) is 3.28. The van der Waals surface area contributed by atoms with Gasteiger partial charge in [-0.3, -0.25) is 0 Å². The summed E-state index contributed by atoms with van der Waals surface area (Å²) in [5.74, 6) is 0.765. The molecule has 1 saturated heterocycles. The number of H-pyrrole nitrogens is 1. The number of fused-ring (bicyclic) bond motifs is 3. The number of aromatic nitrogens is 2. The molecule has 11 heteroatoms. The van der Waals surface area contributed by atoms with Crippen LogP contribution in [-0.4, -0.2) is 73.0 Å². The van der Waals surface area contributed by atoms with E-state index in [9.17, 15) is 13.2 Å². The van der Waals surface area contributed by atoms with Gasteiger partial charge in [0.1, 0.15) is 24.1 Å². The molecule has 3 aromatic rings. The van der Waals surface area contributed by atoms with Gasteiger partial charge in [0.05, 0.1) is 18.4 Å². The minimum absolute atomic E-state index is 0.112. The summed E-state index contributed by atoms with van der Waals surface area (Å²) in [4.78, 5) is 23.5. The van der Waals surface area contributed by atoms with Gasteiger partial charge in [-0.1, -0.05) is 30.3 Å². The van der Waals surface area contributed by atoms with Crippen LogP contribution in [0.25, 0.3) is 11.0 Å². The molecule has 6 rings (SSSR count). The Bertz CT molecular complexity index is 1330. The van der Waals surface area contributed by atoms with Crippen molar-refractivity contribution in [2.45, 2.75) is 36.8 Å². The predicted molar refractivity (Wildman–Crippen MR) is 130 cm³/mol. The van der Waals surface area contributed by atoms with Gasteiger partial charge in [0, 0.05) is 36.8 Å². The highest BCUT2D eigenvalue weighted by molar-refractivity contribution is 7.90. The van der Waals surface area contributed by atoms with Gasteiger partial charge in [0.15, 0.2) is 5.75 Å². The van der Waals surface area contributed by atoms with Crippen LogP contribution in [-0.2, 0) is 21.4 Å².